The molecule has 4 atom stereocenters. The maximum atomic E-state index is 14.5. The van der Waals surface area contributed by atoms with Gasteiger partial charge >= 0.3 is 12.6 Å². The number of aromatic nitrogens is 5. The van der Waals surface area contributed by atoms with Crippen LogP contribution in [0.2, 0.25) is 0 Å². The number of rotatable bonds is 10. The molecule has 12 nitrogen and oxygen atoms in total. The quantitative estimate of drug-likeness (QED) is 0.297. The number of allylic oxidation sites excluding steroid dienone is 3. The van der Waals surface area contributed by atoms with Crippen molar-refractivity contribution in [2.75, 3.05) is 6.54 Å². The number of hydrogen-bond acceptors (Lipinski definition) is 8. The van der Waals surface area contributed by atoms with Crippen molar-refractivity contribution in [2.45, 2.75) is 68.8 Å². The van der Waals surface area contributed by atoms with E-state index in [4.69, 9.17) is 22.1 Å². The van der Waals surface area contributed by atoms with E-state index >= 15 is 0 Å². The molecule has 7 rings (SSSR count). The van der Waals surface area contributed by atoms with Gasteiger partial charge in [0, 0.05) is 30.1 Å². The van der Waals surface area contributed by atoms with Crippen LogP contribution in [0.4, 0.5) is 22.4 Å². The van der Waals surface area contributed by atoms with Crippen LogP contribution < -0.4 is 5.73 Å². The minimum atomic E-state index is -2.78. The number of guanidine groups is 1. The number of amides is 2. The Kier molecular flexibility index (Phi) is 7.80. The summed E-state index contributed by atoms with van der Waals surface area (Å²) in [4.78, 5) is 38.8. The maximum absolute atomic E-state index is 14.5. The maximum Gasteiger partial charge on any atom is 0.410 e. The first-order chi connectivity index (χ1) is 22.9. The summed E-state index contributed by atoms with van der Waals surface area (Å²) in [5.41, 5.74) is 5.86. The second kappa shape index (κ2) is 11.8. The molecule has 252 valence electrons. The molecule has 3 aliphatic carbocycles. The lowest BCUT2D eigenvalue weighted by Crippen LogP contribution is -2.55. The Morgan fingerprint density at radius 2 is 1.92 bits per heavy atom. The van der Waals surface area contributed by atoms with Gasteiger partial charge in [-0.1, -0.05) is 48.0 Å². The molecule has 17 heteroatoms. The topological polar surface area (TPSA) is 137 Å². The molecule has 3 aromatic rings. The van der Waals surface area contributed by atoms with Crippen LogP contribution >= 0.6 is 11.6 Å². The van der Waals surface area contributed by atoms with Crippen LogP contribution in [0.25, 0.3) is 16.8 Å². The van der Waals surface area contributed by atoms with Gasteiger partial charge in [-0.25, -0.2) is 32.9 Å². The Morgan fingerprint density at radius 3 is 2.54 bits per heavy atom. The Labute approximate surface area is 276 Å². The van der Waals surface area contributed by atoms with Crippen molar-refractivity contribution in [3.05, 3.63) is 72.1 Å². The fraction of sp³-hybridized carbons (Fsp3) is 0.419. The molecule has 0 radical (unpaired) electrons. The van der Waals surface area contributed by atoms with E-state index in [1.54, 1.807) is 37.3 Å². The highest BCUT2D eigenvalue weighted by Crippen LogP contribution is 2.56. The van der Waals surface area contributed by atoms with Gasteiger partial charge < -0.3 is 10.5 Å². The largest absolute Gasteiger partial charge is 0.443 e. The third kappa shape index (κ3) is 5.41. The molecule has 0 bridgehead atoms. The summed E-state index contributed by atoms with van der Waals surface area (Å²) in [7, 11) is 0. The number of nitrogens with two attached hydrogens (primary N) is 1. The van der Waals surface area contributed by atoms with Gasteiger partial charge in [-0.2, -0.15) is 19.0 Å². The number of aliphatic imine (C=N–C) groups is 1. The molecule has 0 saturated heterocycles. The van der Waals surface area contributed by atoms with E-state index in [0.29, 0.717) is 51.4 Å². The van der Waals surface area contributed by atoms with Crippen LogP contribution in [0.5, 0.6) is 0 Å². The summed E-state index contributed by atoms with van der Waals surface area (Å²) in [6.07, 6.45) is 6.10. The normalized spacial score (nSPS) is 26.9. The zero-order chi connectivity index (χ0) is 34.0. The number of hydrogen-bond donors (Lipinski definition) is 1. The van der Waals surface area contributed by atoms with Crippen LogP contribution in [0.15, 0.2) is 71.5 Å². The van der Waals surface area contributed by atoms with Gasteiger partial charge in [-0.3, -0.25) is 14.6 Å². The Bertz CT molecular complexity index is 1830. The van der Waals surface area contributed by atoms with Crippen molar-refractivity contribution in [1.82, 2.24) is 34.3 Å². The third-order valence-electron chi connectivity index (χ3n) is 9.36. The molecule has 2 fully saturated rings. The van der Waals surface area contributed by atoms with Gasteiger partial charge in [0.15, 0.2) is 11.5 Å². The lowest BCUT2D eigenvalue weighted by molar-refractivity contribution is -0.134. The fourth-order valence-electron chi connectivity index (χ4n) is 6.63. The molecule has 48 heavy (non-hydrogen) atoms. The predicted molar refractivity (Wildman–Crippen MR) is 164 cm³/mol. The van der Waals surface area contributed by atoms with Gasteiger partial charge in [0.1, 0.15) is 18.8 Å². The molecule has 2 amide bonds. The molecule has 2 aromatic heterocycles. The van der Waals surface area contributed by atoms with E-state index < -0.39 is 54.6 Å². The summed E-state index contributed by atoms with van der Waals surface area (Å²) in [5.74, 6) is -1.10. The molecule has 2 unspecified atom stereocenters. The highest BCUT2D eigenvalue weighted by Gasteiger charge is 2.70. The van der Waals surface area contributed by atoms with E-state index in [0.717, 1.165) is 4.90 Å². The SMILES string of the molecule is CC1(c2ccc(-c3cnn(C(F)F)c3)cc2)N=C(N)N([C@@]2(C3C=C(n4cncn4)C(Cl)=CC3)C[C@@H]2OC(=O)N(CC(F)F)C2CC2)C1=O. The summed E-state index contributed by atoms with van der Waals surface area (Å²) >= 11 is 6.55. The van der Waals surface area contributed by atoms with E-state index in [1.807, 2.05) is 6.08 Å². The van der Waals surface area contributed by atoms with E-state index in [1.165, 1.54) is 34.6 Å². The lowest BCUT2D eigenvalue weighted by Gasteiger charge is -2.36. The van der Waals surface area contributed by atoms with Crippen LogP contribution in [-0.2, 0) is 15.1 Å². The Hall–Kier alpha value is -4.73. The number of halogens is 5. The fourth-order valence-corrected chi connectivity index (χ4v) is 6.87. The van der Waals surface area contributed by atoms with Crippen molar-refractivity contribution in [3.8, 4) is 11.1 Å². The highest BCUT2D eigenvalue weighted by atomic mass is 35.5. The number of ether oxygens (including phenoxy) is 1. The van der Waals surface area contributed by atoms with Crippen LogP contribution in [0.1, 0.15) is 44.7 Å². The molecule has 3 heterocycles. The third-order valence-corrected chi connectivity index (χ3v) is 9.71. The van der Waals surface area contributed by atoms with Crippen molar-refractivity contribution in [1.29, 1.82) is 0 Å². The van der Waals surface area contributed by atoms with E-state index in [2.05, 4.69) is 20.2 Å². The van der Waals surface area contributed by atoms with Gasteiger partial charge in [0.2, 0.25) is 0 Å². The highest BCUT2D eigenvalue weighted by molar-refractivity contribution is 6.35. The standard InChI is InChI=1S/C31H30ClF4N9O3/c1-30(19-4-2-17(3-5-19)18-12-39-43(13-18)27(35)36)26(46)45(28(37)41-30)31(20-6-9-22(32)23(10-20)44-16-38-15-40-44)11-24(31)48-29(47)42(14-25(33)34)21-7-8-21/h2-5,9-10,12-13,15-16,20-21,24-25,27H,6-8,11,14H2,1H3,(H2,37,41)/t20?,24-,30?,31+/m0/s1. The van der Waals surface area contributed by atoms with E-state index in [9.17, 15) is 27.2 Å². The second-order valence-electron chi connectivity index (χ2n) is 12.4. The minimum absolute atomic E-state index is 0.105. The first kappa shape index (κ1) is 31.8. The van der Waals surface area contributed by atoms with Crippen LogP contribution in [0.3, 0.4) is 0 Å². The van der Waals surface area contributed by atoms with Crippen molar-refractivity contribution >= 4 is 35.3 Å². The molecule has 1 aromatic carbocycles. The molecular weight excluding hydrogens is 658 g/mol. The monoisotopic (exact) mass is 687 g/mol. The first-order valence-electron chi connectivity index (χ1n) is 15.2. The minimum Gasteiger partial charge on any atom is -0.443 e. The second-order valence-corrected chi connectivity index (χ2v) is 12.8. The van der Waals surface area contributed by atoms with Gasteiger partial charge in [0.05, 0.1) is 29.0 Å². The molecule has 2 N–H and O–H groups in total. The van der Waals surface area contributed by atoms with Gasteiger partial charge in [0.25, 0.3) is 12.3 Å². The van der Waals surface area contributed by atoms with Crippen LogP contribution in [0, 0.1) is 5.92 Å². The number of nitrogens with zero attached hydrogens (tertiary/aromatic N) is 8. The van der Waals surface area contributed by atoms with Crippen molar-refractivity contribution in [3.63, 3.8) is 0 Å². The van der Waals surface area contributed by atoms with Gasteiger partial charge in [-0.05, 0) is 37.3 Å². The first-order valence-corrected chi connectivity index (χ1v) is 15.6. The van der Waals surface area contributed by atoms with Crippen molar-refractivity contribution < 1.29 is 31.9 Å². The summed E-state index contributed by atoms with van der Waals surface area (Å²) in [6, 6.07) is 6.33. The molecule has 2 saturated carbocycles. The van der Waals surface area contributed by atoms with Crippen LogP contribution in [-0.4, -0.2) is 83.0 Å². The number of benzene rings is 1. The van der Waals surface area contributed by atoms with Crippen molar-refractivity contribution in [2.24, 2.45) is 16.6 Å². The number of alkyl halides is 4. The van der Waals surface area contributed by atoms with Gasteiger partial charge in [-0.15, -0.1) is 0 Å². The Morgan fingerprint density at radius 1 is 1.17 bits per heavy atom. The summed E-state index contributed by atoms with van der Waals surface area (Å²) < 4.78 is 60.8. The summed E-state index contributed by atoms with van der Waals surface area (Å²) in [5, 5.41) is 8.25. The average Bonchev–Trinajstić information content (AvgIpc) is 3.82. The number of carbonyl (C=O) groups excluding carboxylic acids is 2. The molecule has 4 aliphatic rings. The number of carbonyl (C=O) groups is 2. The zero-order valence-corrected chi connectivity index (χ0v) is 26.2. The average molecular weight is 688 g/mol. The summed E-state index contributed by atoms with van der Waals surface area (Å²) in [6.45, 7) is -1.94. The smallest absolute Gasteiger partial charge is 0.410 e. The molecular formula is C31H30ClF4N9O3. The predicted octanol–water partition coefficient (Wildman–Crippen LogP) is 4.97. The molecule has 1 aliphatic heterocycles. The zero-order valence-electron chi connectivity index (χ0n) is 25.5. The van der Waals surface area contributed by atoms with E-state index in [-0.39, 0.29) is 18.4 Å². The lowest BCUT2D eigenvalue weighted by atomic mass is 9.85. The molecule has 0 spiro atoms. The Balaban J connectivity index is 1.21.